The van der Waals surface area contributed by atoms with Gasteiger partial charge in [0.05, 0.1) is 10.8 Å². The van der Waals surface area contributed by atoms with Crippen LogP contribution in [0.5, 0.6) is 0 Å². The average molecular weight is 450 g/mol. The number of carbonyl (C=O) groups is 2. The minimum atomic E-state index is -3.60. The van der Waals surface area contributed by atoms with Crippen molar-refractivity contribution >= 4 is 44.8 Å². The predicted molar refractivity (Wildman–Crippen MR) is 117 cm³/mol. The molecule has 1 aliphatic heterocycles. The lowest BCUT2D eigenvalue weighted by Crippen LogP contribution is -2.32. The van der Waals surface area contributed by atoms with Crippen LogP contribution in [0.15, 0.2) is 53.4 Å². The second-order valence-electron chi connectivity index (χ2n) is 7.33. The highest BCUT2D eigenvalue weighted by atomic mass is 35.5. The minimum absolute atomic E-state index is 0.111. The highest BCUT2D eigenvalue weighted by Gasteiger charge is 2.35. The number of hydrogen-bond donors (Lipinski definition) is 2. The van der Waals surface area contributed by atoms with Crippen LogP contribution in [0.1, 0.15) is 26.7 Å². The van der Waals surface area contributed by atoms with Crippen LogP contribution in [0.25, 0.3) is 0 Å². The zero-order valence-corrected chi connectivity index (χ0v) is 18.3. The normalized spacial score (nSPS) is 17.8. The molecule has 30 heavy (non-hydrogen) atoms. The molecule has 9 heteroatoms. The number of sulfonamides is 1. The van der Waals surface area contributed by atoms with Gasteiger partial charge in [0.15, 0.2) is 0 Å². The summed E-state index contributed by atoms with van der Waals surface area (Å²) in [4.78, 5) is 26.6. The van der Waals surface area contributed by atoms with Crippen LogP contribution in [0, 0.1) is 5.92 Å². The van der Waals surface area contributed by atoms with Crippen molar-refractivity contribution in [1.82, 2.24) is 4.72 Å². The van der Waals surface area contributed by atoms with E-state index in [-0.39, 0.29) is 35.7 Å². The minimum Gasteiger partial charge on any atom is -0.326 e. The van der Waals surface area contributed by atoms with Crippen LogP contribution in [-0.2, 0) is 19.6 Å². The largest absolute Gasteiger partial charge is 0.326 e. The quantitative estimate of drug-likeness (QED) is 0.677. The number of hydrogen-bond acceptors (Lipinski definition) is 4. The van der Waals surface area contributed by atoms with Gasteiger partial charge in [0, 0.05) is 35.4 Å². The van der Waals surface area contributed by atoms with Crippen molar-refractivity contribution in [3.63, 3.8) is 0 Å². The van der Waals surface area contributed by atoms with E-state index in [9.17, 15) is 18.0 Å². The van der Waals surface area contributed by atoms with Crippen LogP contribution in [0.2, 0.25) is 5.02 Å². The maximum absolute atomic E-state index is 12.6. The van der Waals surface area contributed by atoms with Gasteiger partial charge >= 0.3 is 0 Å². The zero-order chi connectivity index (χ0) is 21.9. The van der Waals surface area contributed by atoms with Gasteiger partial charge < -0.3 is 10.2 Å². The summed E-state index contributed by atoms with van der Waals surface area (Å²) in [6, 6.07) is 12.7. The summed E-state index contributed by atoms with van der Waals surface area (Å²) in [5.41, 5.74) is 1.17. The van der Waals surface area contributed by atoms with Gasteiger partial charge in [-0.25, -0.2) is 13.1 Å². The molecular formula is C21H24ClN3O4S. The van der Waals surface area contributed by atoms with Crippen molar-refractivity contribution in [2.24, 2.45) is 5.92 Å². The van der Waals surface area contributed by atoms with Gasteiger partial charge in [-0.05, 0) is 61.9 Å². The molecule has 7 nitrogen and oxygen atoms in total. The molecule has 160 valence electrons. The molecule has 0 aromatic heterocycles. The molecule has 0 radical (unpaired) electrons. The molecule has 0 aliphatic carbocycles. The van der Waals surface area contributed by atoms with E-state index < -0.39 is 15.9 Å². The Morgan fingerprint density at radius 2 is 1.80 bits per heavy atom. The summed E-state index contributed by atoms with van der Waals surface area (Å²) in [6.07, 6.45) is 0.792. The summed E-state index contributed by atoms with van der Waals surface area (Å²) in [6.45, 7) is 3.97. The number of amides is 2. The number of halogens is 1. The maximum Gasteiger partial charge on any atom is 0.240 e. The third-order valence-corrected chi connectivity index (χ3v) is 6.89. The lowest BCUT2D eigenvalue weighted by Gasteiger charge is -2.17. The van der Waals surface area contributed by atoms with Gasteiger partial charge in [-0.3, -0.25) is 9.59 Å². The van der Waals surface area contributed by atoms with Crippen molar-refractivity contribution in [1.29, 1.82) is 0 Å². The van der Waals surface area contributed by atoms with Crippen molar-refractivity contribution in [3.05, 3.63) is 53.6 Å². The summed E-state index contributed by atoms with van der Waals surface area (Å²) in [7, 11) is -3.60. The predicted octanol–water partition coefficient (Wildman–Crippen LogP) is 3.41. The van der Waals surface area contributed by atoms with Crippen molar-refractivity contribution in [3.8, 4) is 0 Å². The van der Waals surface area contributed by atoms with Gasteiger partial charge in [-0.1, -0.05) is 18.5 Å². The van der Waals surface area contributed by atoms with Crippen LogP contribution >= 0.6 is 11.6 Å². The van der Waals surface area contributed by atoms with Crippen LogP contribution in [0.4, 0.5) is 11.4 Å². The first kappa shape index (κ1) is 22.3. The van der Waals surface area contributed by atoms with Crippen LogP contribution in [-0.4, -0.2) is 32.8 Å². The molecule has 1 saturated heterocycles. The number of carbonyl (C=O) groups excluding carboxylic acids is 2. The van der Waals surface area contributed by atoms with Crippen LogP contribution < -0.4 is 14.9 Å². The van der Waals surface area contributed by atoms with Gasteiger partial charge in [0.1, 0.15) is 0 Å². The molecule has 2 N–H and O–H groups in total. The third kappa shape index (κ3) is 5.19. The Labute approximate surface area is 181 Å². The monoisotopic (exact) mass is 449 g/mol. The van der Waals surface area contributed by atoms with Gasteiger partial charge in [-0.2, -0.15) is 0 Å². The first-order valence-electron chi connectivity index (χ1n) is 9.69. The maximum atomic E-state index is 12.6. The first-order chi connectivity index (χ1) is 14.2. The Kier molecular flexibility index (Phi) is 6.80. The molecule has 0 unspecified atom stereocenters. The van der Waals surface area contributed by atoms with Crippen molar-refractivity contribution in [2.75, 3.05) is 16.8 Å². The van der Waals surface area contributed by atoms with Gasteiger partial charge in [0.2, 0.25) is 21.8 Å². The molecular weight excluding hydrogens is 426 g/mol. The summed E-state index contributed by atoms with van der Waals surface area (Å²) < 4.78 is 27.2. The molecule has 0 saturated carbocycles. The van der Waals surface area contributed by atoms with E-state index in [0.717, 1.165) is 0 Å². The molecule has 0 bridgehead atoms. The smallest absolute Gasteiger partial charge is 0.240 e. The van der Waals surface area contributed by atoms with E-state index in [1.807, 2.05) is 6.92 Å². The fourth-order valence-electron chi connectivity index (χ4n) is 3.13. The standard InChI is InChI=1S/C21H24ClN3O4S/c1-3-14(2)24-30(28,29)19-10-6-17(7-11-19)23-21(27)15-12-20(26)25(13-15)18-8-4-16(22)5-9-18/h4-11,14-15,24H,3,12-13H2,1-2H3,(H,23,27)/t14-,15-/m0/s1. The van der Waals surface area contributed by atoms with Crippen molar-refractivity contribution < 1.29 is 18.0 Å². The van der Waals surface area contributed by atoms with E-state index in [2.05, 4.69) is 10.0 Å². The molecule has 3 rings (SSSR count). The fraction of sp³-hybridized carbons (Fsp3) is 0.333. The van der Waals surface area contributed by atoms with Crippen molar-refractivity contribution in [2.45, 2.75) is 37.6 Å². The van der Waals surface area contributed by atoms with Crippen LogP contribution in [0.3, 0.4) is 0 Å². The summed E-state index contributed by atoms with van der Waals surface area (Å²) in [5.74, 6) is -0.910. The number of nitrogens with zero attached hydrogens (tertiary/aromatic N) is 1. The third-order valence-electron chi connectivity index (χ3n) is 5.03. The molecule has 2 atom stereocenters. The second-order valence-corrected chi connectivity index (χ2v) is 9.48. The average Bonchev–Trinajstić information content (AvgIpc) is 3.10. The SMILES string of the molecule is CC[C@H](C)NS(=O)(=O)c1ccc(NC(=O)[C@H]2CC(=O)N(c3ccc(Cl)cc3)C2)cc1. The number of rotatable bonds is 7. The summed E-state index contributed by atoms with van der Waals surface area (Å²) >= 11 is 5.89. The second kappa shape index (κ2) is 9.16. The fourth-order valence-corrected chi connectivity index (χ4v) is 4.58. The molecule has 0 spiro atoms. The Morgan fingerprint density at radius 3 is 2.40 bits per heavy atom. The lowest BCUT2D eigenvalue weighted by molar-refractivity contribution is -0.122. The molecule has 2 aromatic rings. The van der Waals surface area contributed by atoms with E-state index in [1.165, 1.54) is 24.3 Å². The molecule has 2 amide bonds. The van der Waals surface area contributed by atoms with E-state index in [1.54, 1.807) is 36.1 Å². The van der Waals surface area contributed by atoms with E-state index in [4.69, 9.17) is 11.6 Å². The van der Waals surface area contributed by atoms with E-state index >= 15 is 0 Å². The topological polar surface area (TPSA) is 95.6 Å². The lowest BCUT2D eigenvalue weighted by atomic mass is 10.1. The molecule has 1 heterocycles. The number of benzene rings is 2. The molecule has 1 aliphatic rings. The number of anilines is 2. The highest BCUT2D eigenvalue weighted by Crippen LogP contribution is 2.27. The molecule has 1 fully saturated rings. The first-order valence-corrected chi connectivity index (χ1v) is 11.5. The van der Waals surface area contributed by atoms with E-state index in [0.29, 0.717) is 22.8 Å². The summed E-state index contributed by atoms with van der Waals surface area (Å²) in [5, 5.41) is 3.34. The Morgan fingerprint density at radius 1 is 1.17 bits per heavy atom. The Bertz CT molecular complexity index is 1020. The number of nitrogens with one attached hydrogen (secondary N) is 2. The Balaban J connectivity index is 1.63. The van der Waals surface area contributed by atoms with Gasteiger partial charge in [0.25, 0.3) is 0 Å². The molecule has 2 aromatic carbocycles. The Hall–Kier alpha value is -2.42. The highest BCUT2D eigenvalue weighted by molar-refractivity contribution is 7.89. The zero-order valence-electron chi connectivity index (χ0n) is 16.8. The van der Waals surface area contributed by atoms with Gasteiger partial charge in [-0.15, -0.1) is 0 Å².